The molecule has 0 fully saturated rings. The number of hydrogen-bond donors (Lipinski definition) is 2. The first-order chi connectivity index (χ1) is 13.0. The minimum Gasteiger partial charge on any atom is -0.497 e. The van der Waals surface area contributed by atoms with Gasteiger partial charge in [-0.3, -0.25) is 4.79 Å². The maximum Gasteiger partial charge on any atom is 0.288 e. The molecular weight excluding hydrogens is 354 g/mol. The highest BCUT2D eigenvalue weighted by Gasteiger charge is 2.27. The Bertz CT molecular complexity index is 926. The first kappa shape index (κ1) is 18.8. The summed E-state index contributed by atoms with van der Waals surface area (Å²) in [7, 11) is 1.52. The third kappa shape index (κ3) is 3.93. The van der Waals surface area contributed by atoms with Crippen LogP contribution in [0.1, 0.15) is 17.0 Å². The highest BCUT2D eigenvalue weighted by atomic mass is 19.3. The number of furan rings is 1. The van der Waals surface area contributed by atoms with Gasteiger partial charge in [0.2, 0.25) is 5.76 Å². The average molecular weight is 374 g/mol. The monoisotopic (exact) mass is 374 g/mol. The second-order valence-corrected chi connectivity index (χ2v) is 6.03. The third-order valence-corrected chi connectivity index (χ3v) is 4.26. The van der Waals surface area contributed by atoms with Crippen LogP contribution in [0.25, 0.3) is 22.1 Å². The van der Waals surface area contributed by atoms with Gasteiger partial charge in [-0.2, -0.15) is 0 Å². The van der Waals surface area contributed by atoms with Crippen LogP contribution in [-0.2, 0) is 0 Å². The van der Waals surface area contributed by atoms with Gasteiger partial charge in [0.25, 0.3) is 12.3 Å². The molecule has 7 heteroatoms. The van der Waals surface area contributed by atoms with Gasteiger partial charge < -0.3 is 20.2 Å². The van der Waals surface area contributed by atoms with Crippen LogP contribution in [0.4, 0.5) is 8.78 Å². The number of amides is 1. The standard InChI is InChI=1S/C20H20F2N2O3/c1-26-13-7-8-14-16(11-13)27-18(17(14)12-5-3-2-4-6-12)20(25)24-15(9-10-23)19(21)22/h2-8,11,15,19H,9-10,23H2,1H3,(H,24,25). The van der Waals surface area contributed by atoms with Crippen molar-refractivity contribution in [3.63, 3.8) is 0 Å². The second kappa shape index (κ2) is 8.18. The van der Waals surface area contributed by atoms with Crippen LogP contribution in [0.2, 0.25) is 0 Å². The first-order valence-electron chi connectivity index (χ1n) is 8.50. The van der Waals surface area contributed by atoms with Crippen LogP contribution in [0.15, 0.2) is 52.9 Å². The molecule has 3 aromatic rings. The summed E-state index contributed by atoms with van der Waals surface area (Å²) in [5.74, 6) is -0.161. The summed E-state index contributed by atoms with van der Waals surface area (Å²) in [5.41, 5.74) is 7.11. The number of benzene rings is 2. The average Bonchev–Trinajstić information content (AvgIpc) is 3.06. The smallest absolute Gasteiger partial charge is 0.288 e. The lowest BCUT2D eigenvalue weighted by Crippen LogP contribution is -2.41. The van der Waals surface area contributed by atoms with E-state index in [4.69, 9.17) is 14.9 Å². The molecule has 0 aliphatic heterocycles. The van der Waals surface area contributed by atoms with E-state index < -0.39 is 18.4 Å². The molecule has 1 atom stereocenters. The molecule has 0 aliphatic carbocycles. The minimum absolute atomic E-state index is 0.0212. The van der Waals surface area contributed by atoms with Crippen molar-refractivity contribution in [2.45, 2.75) is 18.9 Å². The van der Waals surface area contributed by atoms with Crippen molar-refractivity contribution in [1.29, 1.82) is 0 Å². The Labute approximate surface area is 155 Å². The summed E-state index contributed by atoms with van der Waals surface area (Å²) in [4.78, 5) is 12.7. The zero-order chi connectivity index (χ0) is 19.4. The third-order valence-electron chi connectivity index (χ3n) is 4.26. The number of carbonyl (C=O) groups excluding carboxylic acids is 1. The number of rotatable bonds is 7. The van der Waals surface area contributed by atoms with E-state index in [-0.39, 0.29) is 18.7 Å². The van der Waals surface area contributed by atoms with Crippen LogP contribution >= 0.6 is 0 Å². The summed E-state index contributed by atoms with van der Waals surface area (Å²) >= 11 is 0. The van der Waals surface area contributed by atoms with E-state index in [1.165, 1.54) is 7.11 Å². The van der Waals surface area contributed by atoms with E-state index in [2.05, 4.69) is 5.32 Å². The minimum atomic E-state index is -2.72. The van der Waals surface area contributed by atoms with Gasteiger partial charge in [0, 0.05) is 17.0 Å². The highest BCUT2D eigenvalue weighted by molar-refractivity contribution is 6.08. The number of methoxy groups -OCH3 is 1. The fourth-order valence-electron chi connectivity index (χ4n) is 2.93. The zero-order valence-electron chi connectivity index (χ0n) is 14.7. The Hall–Kier alpha value is -2.93. The lowest BCUT2D eigenvalue weighted by atomic mass is 10.0. The predicted octanol–water partition coefficient (Wildman–Crippen LogP) is 3.82. The van der Waals surface area contributed by atoms with Crippen LogP contribution in [-0.4, -0.2) is 32.0 Å². The Morgan fingerprint density at radius 1 is 1.22 bits per heavy atom. The van der Waals surface area contributed by atoms with Crippen molar-refractivity contribution in [3.05, 3.63) is 54.3 Å². The van der Waals surface area contributed by atoms with Crippen molar-refractivity contribution in [2.75, 3.05) is 13.7 Å². The molecule has 3 rings (SSSR count). The maximum atomic E-state index is 13.2. The number of halogens is 2. The first-order valence-corrected chi connectivity index (χ1v) is 8.50. The van der Waals surface area contributed by atoms with E-state index >= 15 is 0 Å². The van der Waals surface area contributed by atoms with Gasteiger partial charge in [-0.15, -0.1) is 0 Å². The lowest BCUT2D eigenvalue weighted by Gasteiger charge is -2.16. The molecule has 0 saturated heterocycles. The number of nitrogens with two attached hydrogens (primary N) is 1. The molecule has 142 valence electrons. The molecular formula is C20H20F2N2O3. The quantitative estimate of drug-likeness (QED) is 0.659. The normalized spacial score (nSPS) is 12.3. The Balaban J connectivity index is 2.09. The van der Waals surface area contributed by atoms with Gasteiger partial charge in [0.1, 0.15) is 11.3 Å². The van der Waals surface area contributed by atoms with Gasteiger partial charge >= 0.3 is 0 Å². The van der Waals surface area contributed by atoms with Crippen molar-refractivity contribution in [3.8, 4) is 16.9 Å². The fraction of sp³-hybridized carbons (Fsp3) is 0.250. The van der Waals surface area contributed by atoms with Crippen LogP contribution < -0.4 is 15.8 Å². The van der Waals surface area contributed by atoms with Gasteiger partial charge in [0.05, 0.1) is 13.2 Å². The zero-order valence-corrected chi connectivity index (χ0v) is 14.7. The van der Waals surface area contributed by atoms with E-state index in [1.807, 2.05) is 30.3 Å². The van der Waals surface area contributed by atoms with Crippen LogP contribution in [0.3, 0.4) is 0 Å². The van der Waals surface area contributed by atoms with Gasteiger partial charge in [0.15, 0.2) is 0 Å². The molecule has 1 heterocycles. The summed E-state index contributed by atoms with van der Waals surface area (Å²) in [6.07, 6.45) is -2.75. The lowest BCUT2D eigenvalue weighted by molar-refractivity contribution is 0.0713. The summed E-state index contributed by atoms with van der Waals surface area (Å²) in [5, 5.41) is 3.03. The number of fused-ring (bicyclic) bond motifs is 1. The van der Waals surface area contributed by atoms with Gasteiger partial charge in [-0.1, -0.05) is 30.3 Å². The Morgan fingerprint density at radius 2 is 1.96 bits per heavy atom. The van der Waals surface area contributed by atoms with Gasteiger partial charge in [-0.25, -0.2) is 8.78 Å². The summed E-state index contributed by atoms with van der Waals surface area (Å²) in [6, 6.07) is 13.0. The number of alkyl halides is 2. The molecule has 5 nitrogen and oxygen atoms in total. The van der Waals surface area contributed by atoms with Crippen LogP contribution in [0, 0.1) is 0 Å². The van der Waals surface area contributed by atoms with E-state index in [0.29, 0.717) is 22.3 Å². The number of hydrogen-bond acceptors (Lipinski definition) is 4. The van der Waals surface area contributed by atoms with Crippen molar-refractivity contribution in [2.24, 2.45) is 5.73 Å². The van der Waals surface area contributed by atoms with Crippen molar-refractivity contribution < 1.29 is 22.7 Å². The molecule has 27 heavy (non-hydrogen) atoms. The van der Waals surface area contributed by atoms with Crippen molar-refractivity contribution in [1.82, 2.24) is 5.32 Å². The number of carbonyl (C=O) groups is 1. The number of ether oxygens (including phenoxy) is 1. The number of nitrogens with one attached hydrogen (secondary N) is 1. The molecule has 1 unspecified atom stereocenters. The largest absolute Gasteiger partial charge is 0.497 e. The van der Waals surface area contributed by atoms with Gasteiger partial charge in [-0.05, 0) is 30.7 Å². The molecule has 3 N–H and O–H groups in total. The van der Waals surface area contributed by atoms with E-state index in [9.17, 15) is 13.6 Å². The summed E-state index contributed by atoms with van der Waals surface area (Å²) < 4.78 is 37.3. The van der Waals surface area contributed by atoms with E-state index in [0.717, 1.165) is 5.56 Å². The molecule has 0 saturated carbocycles. The molecule has 0 spiro atoms. The Kier molecular flexibility index (Phi) is 5.71. The summed E-state index contributed by atoms with van der Waals surface area (Å²) in [6.45, 7) is 0.0398. The predicted molar refractivity (Wildman–Crippen MR) is 99.1 cm³/mol. The van der Waals surface area contributed by atoms with E-state index in [1.54, 1.807) is 18.2 Å². The molecule has 2 aromatic carbocycles. The maximum absolute atomic E-state index is 13.2. The molecule has 1 amide bonds. The van der Waals surface area contributed by atoms with Crippen LogP contribution in [0.5, 0.6) is 5.75 Å². The highest BCUT2D eigenvalue weighted by Crippen LogP contribution is 2.36. The molecule has 0 aliphatic rings. The molecule has 0 radical (unpaired) electrons. The second-order valence-electron chi connectivity index (χ2n) is 6.03. The topological polar surface area (TPSA) is 77.5 Å². The SMILES string of the molecule is COc1ccc2c(-c3ccccc3)c(C(=O)NC(CCN)C(F)F)oc2c1. The molecule has 1 aromatic heterocycles. The van der Waals surface area contributed by atoms with Crippen molar-refractivity contribution >= 4 is 16.9 Å². The molecule has 0 bridgehead atoms. The fourth-order valence-corrected chi connectivity index (χ4v) is 2.93. The Morgan fingerprint density at radius 3 is 2.59 bits per heavy atom.